The Labute approximate surface area is 180 Å². The fourth-order valence-corrected chi connectivity index (χ4v) is 4.15. The van der Waals surface area contributed by atoms with Gasteiger partial charge in [0.05, 0.1) is 16.1 Å². The van der Waals surface area contributed by atoms with E-state index in [-0.39, 0.29) is 11.6 Å². The zero-order valence-corrected chi connectivity index (χ0v) is 17.9. The first-order valence-electron chi connectivity index (χ1n) is 10.4. The van der Waals surface area contributed by atoms with Crippen LogP contribution >= 0.6 is 11.6 Å². The van der Waals surface area contributed by atoms with Gasteiger partial charge < -0.3 is 9.80 Å². The lowest BCUT2D eigenvalue weighted by atomic mass is 10.2. The molecule has 1 aromatic carbocycles. The third kappa shape index (κ3) is 4.07. The van der Waals surface area contributed by atoms with Gasteiger partial charge in [-0.1, -0.05) is 30.7 Å². The van der Waals surface area contributed by atoms with Crippen molar-refractivity contribution in [3.8, 4) is 0 Å². The van der Waals surface area contributed by atoms with Crippen LogP contribution < -0.4 is 10.6 Å². The van der Waals surface area contributed by atoms with Gasteiger partial charge in [0, 0.05) is 51.9 Å². The molecule has 0 aliphatic carbocycles. The normalized spacial score (nSPS) is 14.5. The quantitative estimate of drug-likeness (QED) is 0.606. The van der Waals surface area contributed by atoms with Crippen LogP contribution in [0.1, 0.15) is 19.8 Å². The van der Waals surface area contributed by atoms with Crippen LogP contribution in [0.3, 0.4) is 0 Å². The molecule has 158 valence electrons. The zero-order valence-electron chi connectivity index (χ0n) is 17.1. The molecule has 0 radical (unpaired) electrons. The van der Waals surface area contributed by atoms with Crippen LogP contribution in [-0.4, -0.2) is 51.1 Å². The first kappa shape index (κ1) is 20.5. The number of benzene rings is 1. The van der Waals surface area contributed by atoms with Crippen LogP contribution in [0.25, 0.3) is 11.0 Å². The Hall–Kier alpha value is -2.80. The average Bonchev–Trinajstić information content (AvgIpc) is 3.04. The fourth-order valence-electron chi connectivity index (χ4n) is 4.03. The molecule has 3 aromatic rings. The molecule has 8 heteroatoms. The maximum absolute atomic E-state index is 12.9. The molecule has 7 nitrogen and oxygen atoms in total. The third-order valence-corrected chi connectivity index (χ3v) is 5.81. The summed E-state index contributed by atoms with van der Waals surface area (Å²) in [6.45, 7) is 5.90. The molecule has 1 saturated heterocycles. The first-order chi connectivity index (χ1) is 14.6. The van der Waals surface area contributed by atoms with Crippen molar-refractivity contribution >= 4 is 34.4 Å². The summed E-state index contributed by atoms with van der Waals surface area (Å²) in [7, 11) is 0. The third-order valence-electron chi connectivity index (χ3n) is 5.59. The zero-order chi connectivity index (χ0) is 21.1. The maximum Gasteiger partial charge on any atom is 0.329 e. The predicted octanol–water partition coefficient (Wildman–Crippen LogP) is 3.00. The number of aryl methyl sites for hydroxylation is 2. The number of carbonyl (C=O) groups is 1. The number of halogens is 1. The van der Waals surface area contributed by atoms with E-state index < -0.39 is 0 Å². The van der Waals surface area contributed by atoms with Crippen LogP contribution in [0, 0.1) is 0 Å². The monoisotopic (exact) mass is 427 g/mol. The van der Waals surface area contributed by atoms with E-state index >= 15 is 0 Å². The van der Waals surface area contributed by atoms with E-state index in [1.165, 1.54) is 0 Å². The number of anilines is 1. The number of hydrogen-bond acceptors (Lipinski definition) is 4. The van der Waals surface area contributed by atoms with Crippen molar-refractivity contribution in [3.05, 3.63) is 58.1 Å². The summed E-state index contributed by atoms with van der Waals surface area (Å²) in [6.07, 6.45) is 2.85. The van der Waals surface area contributed by atoms with Crippen molar-refractivity contribution in [2.45, 2.75) is 32.9 Å². The molecule has 2 aromatic heterocycles. The molecule has 0 atom stereocenters. The van der Waals surface area contributed by atoms with Crippen molar-refractivity contribution < 1.29 is 4.79 Å². The van der Waals surface area contributed by atoms with E-state index in [1.807, 2.05) is 41.3 Å². The average molecular weight is 428 g/mol. The maximum atomic E-state index is 12.9. The van der Waals surface area contributed by atoms with Gasteiger partial charge in [-0.2, -0.15) is 0 Å². The minimum atomic E-state index is -0.0375. The minimum absolute atomic E-state index is 0.0375. The van der Waals surface area contributed by atoms with Gasteiger partial charge in [0.15, 0.2) is 0 Å². The summed E-state index contributed by atoms with van der Waals surface area (Å²) >= 11 is 5.91. The van der Waals surface area contributed by atoms with Crippen molar-refractivity contribution in [2.75, 3.05) is 31.1 Å². The highest BCUT2D eigenvalue weighted by Crippen LogP contribution is 2.17. The van der Waals surface area contributed by atoms with Crippen LogP contribution in [0.2, 0.25) is 5.02 Å². The minimum Gasteiger partial charge on any atom is -0.353 e. The number of piperazine rings is 1. The van der Waals surface area contributed by atoms with Gasteiger partial charge >= 0.3 is 5.69 Å². The summed E-state index contributed by atoms with van der Waals surface area (Å²) in [5, 5.41) is 0.614. The van der Waals surface area contributed by atoms with E-state index in [0.717, 1.165) is 36.4 Å². The number of nitrogens with zero attached hydrogens (tertiary/aromatic N) is 5. The Morgan fingerprint density at radius 2 is 1.67 bits per heavy atom. The molecule has 0 unspecified atom stereocenters. The molecule has 30 heavy (non-hydrogen) atoms. The van der Waals surface area contributed by atoms with Crippen LogP contribution in [0.5, 0.6) is 0 Å². The molecule has 1 amide bonds. The van der Waals surface area contributed by atoms with Crippen molar-refractivity contribution in [1.29, 1.82) is 0 Å². The number of hydrogen-bond donors (Lipinski definition) is 0. The largest absolute Gasteiger partial charge is 0.353 e. The lowest BCUT2D eigenvalue weighted by Crippen LogP contribution is -2.49. The second-order valence-electron chi connectivity index (χ2n) is 7.53. The summed E-state index contributed by atoms with van der Waals surface area (Å²) in [5.74, 6) is 0.958. The first-order valence-corrected chi connectivity index (χ1v) is 10.8. The van der Waals surface area contributed by atoms with E-state index in [2.05, 4.69) is 16.8 Å². The van der Waals surface area contributed by atoms with Gasteiger partial charge in [0.1, 0.15) is 5.82 Å². The van der Waals surface area contributed by atoms with Crippen molar-refractivity contribution in [1.82, 2.24) is 19.0 Å². The summed E-state index contributed by atoms with van der Waals surface area (Å²) in [5.41, 5.74) is 1.78. The number of pyridine rings is 1. The molecule has 0 N–H and O–H groups in total. The lowest BCUT2D eigenvalue weighted by Gasteiger charge is -2.35. The van der Waals surface area contributed by atoms with E-state index in [0.29, 0.717) is 37.6 Å². The van der Waals surface area contributed by atoms with E-state index in [4.69, 9.17) is 11.6 Å². The number of para-hydroxylation sites is 2. The van der Waals surface area contributed by atoms with Crippen LogP contribution in [-0.2, 0) is 17.9 Å². The van der Waals surface area contributed by atoms with E-state index in [9.17, 15) is 9.59 Å². The number of amides is 1. The lowest BCUT2D eigenvalue weighted by molar-refractivity contribution is -0.131. The second kappa shape index (κ2) is 8.92. The van der Waals surface area contributed by atoms with Crippen LogP contribution in [0.4, 0.5) is 5.82 Å². The Morgan fingerprint density at radius 1 is 1.00 bits per heavy atom. The smallest absolute Gasteiger partial charge is 0.329 e. The number of fused-ring (bicyclic) bond motifs is 1. The molecule has 0 saturated carbocycles. The Bertz CT molecular complexity index is 1080. The van der Waals surface area contributed by atoms with Gasteiger partial charge in [-0.25, -0.2) is 9.78 Å². The molecule has 0 bridgehead atoms. The molecule has 1 aliphatic heterocycles. The molecule has 4 rings (SSSR count). The SMILES string of the molecule is CCCn1c(=O)n(CCC(=O)N2CCN(c3ccc(Cl)cn3)CC2)c2ccccc21. The highest BCUT2D eigenvalue weighted by molar-refractivity contribution is 6.30. The van der Waals surface area contributed by atoms with Gasteiger partial charge in [-0.3, -0.25) is 13.9 Å². The fraction of sp³-hybridized carbons (Fsp3) is 0.409. The van der Waals surface area contributed by atoms with Gasteiger partial charge in [-0.05, 0) is 30.7 Å². The Kier molecular flexibility index (Phi) is 6.08. The molecule has 3 heterocycles. The van der Waals surface area contributed by atoms with Gasteiger partial charge in [-0.15, -0.1) is 0 Å². The summed E-state index contributed by atoms with van der Waals surface area (Å²) in [4.78, 5) is 34.0. The summed E-state index contributed by atoms with van der Waals surface area (Å²) < 4.78 is 3.54. The highest BCUT2D eigenvalue weighted by atomic mass is 35.5. The molecular formula is C22H26ClN5O2. The number of imidazole rings is 1. The molecular weight excluding hydrogens is 402 g/mol. The van der Waals surface area contributed by atoms with Gasteiger partial charge in [0.25, 0.3) is 0 Å². The second-order valence-corrected chi connectivity index (χ2v) is 7.96. The highest BCUT2D eigenvalue weighted by Gasteiger charge is 2.22. The molecule has 0 spiro atoms. The topological polar surface area (TPSA) is 63.4 Å². The number of aromatic nitrogens is 3. The Balaban J connectivity index is 1.39. The van der Waals surface area contributed by atoms with Crippen molar-refractivity contribution in [3.63, 3.8) is 0 Å². The molecule has 1 aliphatic rings. The molecule has 1 fully saturated rings. The Morgan fingerprint density at radius 3 is 2.27 bits per heavy atom. The van der Waals surface area contributed by atoms with Crippen molar-refractivity contribution in [2.24, 2.45) is 0 Å². The van der Waals surface area contributed by atoms with E-state index in [1.54, 1.807) is 15.3 Å². The number of rotatable bonds is 6. The number of carbonyl (C=O) groups excluding carboxylic acids is 1. The van der Waals surface area contributed by atoms with Crippen LogP contribution in [0.15, 0.2) is 47.4 Å². The standard InChI is InChI=1S/C22H26ClN5O2/c1-2-10-27-18-5-3-4-6-19(18)28(22(27)30)11-9-21(29)26-14-12-25(13-15-26)20-8-7-17(23)16-24-20/h3-8,16H,2,9-15H2,1H3. The summed E-state index contributed by atoms with van der Waals surface area (Å²) in [6, 6.07) is 11.5. The predicted molar refractivity (Wildman–Crippen MR) is 119 cm³/mol. The van der Waals surface area contributed by atoms with Gasteiger partial charge in [0.2, 0.25) is 5.91 Å².